The highest BCUT2D eigenvalue weighted by atomic mass is 16.3. The van der Waals surface area contributed by atoms with E-state index in [1.807, 2.05) is 0 Å². The summed E-state index contributed by atoms with van der Waals surface area (Å²) in [6, 6.07) is 6.57. The number of aryl methyl sites for hydroxylation is 4. The van der Waals surface area contributed by atoms with Gasteiger partial charge in [0.05, 0.1) is 0 Å². The van der Waals surface area contributed by atoms with Gasteiger partial charge in [-0.25, -0.2) is 0 Å². The van der Waals surface area contributed by atoms with E-state index in [1.54, 1.807) is 52.0 Å². The van der Waals surface area contributed by atoms with E-state index in [2.05, 4.69) is 0 Å². The number of rotatable bonds is 4. The van der Waals surface area contributed by atoms with E-state index in [-0.39, 0.29) is 11.5 Å². The second-order valence-corrected chi connectivity index (χ2v) is 6.02. The molecule has 0 unspecified atom stereocenters. The lowest BCUT2D eigenvalue weighted by Crippen LogP contribution is -2.32. The molecule has 120 valence electrons. The van der Waals surface area contributed by atoms with Gasteiger partial charge in [-0.05, 0) is 61.1 Å². The second-order valence-electron chi connectivity index (χ2n) is 6.02. The van der Waals surface area contributed by atoms with Gasteiger partial charge in [0.15, 0.2) is 0 Å². The highest BCUT2D eigenvalue weighted by Crippen LogP contribution is 2.36. The van der Waals surface area contributed by atoms with E-state index in [0.29, 0.717) is 46.0 Å². The standard InChI is InChI=1S/C19H20O4/c1-11-5-15(6-12(2)17(11)22)19(9-20,10-21)16-7-13(3)18(23)14(4)8-16/h5-10,22-23H,1-4H3. The van der Waals surface area contributed by atoms with Crippen LogP contribution in [0.3, 0.4) is 0 Å². The van der Waals surface area contributed by atoms with E-state index in [9.17, 15) is 19.8 Å². The van der Waals surface area contributed by atoms with Crippen molar-refractivity contribution in [3.05, 3.63) is 57.6 Å². The smallest absolute Gasteiger partial charge is 0.142 e. The molecule has 0 bridgehead atoms. The van der Waals surface area contributed by atoms with Crippen LogP contribution in [-0.4, -0.2) is 22.8 Å². The van der Waals surface area contributed by atoms with Crippen molar-refractivity contribution in [3.8, 4) is 11.5 Å². The topological polar surface area (TPSA) is 74.6 Å². The minimum atomic E-state index is -1.47. The predicted molar refractivity (Wildman–Crippen MR) is 88.1 cm³/mol. The van der Waals surface area contributed by atoms with Crippen LogP contribution < -0.4 is 0 Å². The number of carbonyl (C=O) groups is 2. The molecule has 2 aromatic carbocycles. The summed E-state index contributed by atoms with van der Waals surface area (Å²) in [5, 5.41) is 19.9. The van der Waals surface area contributed by atoms with Gasteiger partial charge in [0, 0.05) is 0 Å². The first-order chi connectivity index (χ1) is 10.8. The Balaban J connectivity index is 2.80. The molecule has 0 heterocycles. The maximum absolute atomic E-state index is 11.9. The van der Waals surface area contributed by atoms with Crippen LogP contribution in [0.1, 0.15) is 33.4 Å². The number of hydrogen-bond acceptors (Lipinski definition) is 4. The zero-order chi connectivity index (χ0) is 17.4. The van der Waals surface area contributed by atoms with Crippen LogP contribution in [-0.2, 0) is 15.0 Å². The van der Waals surface area contributed by atoms with Crippen LogP contribution >= 0.6 is 0 Å². The Morgan fingerprint density at radius 3 is 1.17 bits per heavy atom. The molecule has 4 nitrogen and oxygen atoms in total. The lowest BCUT2D eigenvalue weighted by atomic mass is 9.75. The SMILES string of the molecule is Cc1cc(C(C=O)(C=O)c2cc(C)c(O)c(C)c2)cc(C)c1O. The van der Waals surface area contributed by atoms with E-state index >= 15 is 0 Å². The molecule has 0 saturated carbocycles. The van der Waals surface area contributed by atoms with E-state index in [1.165, 1.54) is 0 Å². The Bertz CT molecular complexity index is 676. The summed E-state index contributed by atoms with van der Waals surface area (Å²) in [5.74, 6) is 0.301. The average molecular weight is 312 g/mol. The minimum absolute atomic E-state index is 0.150. The van der Waals surface area contributed by atoms with Gasteiger partial charge in [-0.15, -0.1) is 0 Å². The first kappa shape index (κ1) is 16.7. The van der Waals surface area contributed by atoms with Crippen molar-refractivity contribution < 1.29 is 19.8 Å². The van der Waals surface area contributed by atoms with Gasteiger partial charge in [-0.1, -0.05) is 24.3 Å². The highest BCUT2D eigenvalue weighted by molar-refractivity contribution is 5.97. The lowest BCUT2D eigenvalue weighted by molar-refractivity contribution is -0.119. The summed E-state index contributed by atoms with van der Waals surface area (Å²) in [7, 11) is 0. The van der Waals surface area contributed by atoms with Crippen molar-refractivity contribution in [1.82, 2.24) is 0 Å². The van der Waals surface area contributed by atoms with Gasteiger partial charge in [0.25, 0.3) is 0 Å². The molecule has 23 heavy (non-hydrogen) atoms. The maximum Gasteiger partial charge on any atom is 0.142 e. The Labute approximate surface area is 135 Å². The van der Waals surface area contributed by atoms with E-state index < -0.39 is 5.41 Å². The van der Waals surface area contributed by atoms with Crippen LogP contribution in [0.25, 0.3) is 0 Å². The predicted octanol–water partition coefficient (Wildman–Crippen LogP) is 3.02. The number of hydrogen-bond donors (Lipinski definition) is 2. The van der Waals surface area contributed by atoms with Gasteiger partial charge >= 0.3 is 0 Å². The molecule has 2 aromatic rings. The molecule has 0 radical (unpaired) electrons. The first-order valence-electron chi connectivity index (χ1n) is 7.31. The Morgan fingerprint density at radius 2 is 0.957 bits per heavy atom. The van der Waals surface area contributed by atoms with Crippen molar-refractivity contribution in [1.29, 1.82) is 0 Å². The fourth-order valence-electron chi connectivity index (χ4n) is 2.86. The number of carbonyl (C=O) groups excluding carboxylic acids is 2. The van der Waals surface area contributed by atoms with Crippen molar-refractivity contribution in [3.63, 3.8) is 0 Å². The van der Waals surface area contributed by atoms with E-state index in [4.69, 9.17) is 0 Å². The highest BCUT2D eigenvalue weighted by Gasteiger charge is 2.35. The fraction of sp³-hybridized carbons (Fsp3) is 0.263. The third kappa shape index (κ3) is 2.61. The Kier molecular flexibility index (Phi) is 4.28. The molecule has 0 fully saturated rings. The van der Waals surface area contributed by atoms with Crippen molar-refractivity contribution in [2.75, 3.05) is 0 Å². The number of benzene rings is 2. The zero-order valence-corrected chi connectivity index (χ0v) is 13.7. The van der Waals surface area contributed by atoms with Gasteiger partial charge in [0.2, 0.25) is 0 Å². The first-order valence-corrected chi connectivity index (χ1v) is 7.31. The van der Waals surface area contributed by atoms with Crippen molar-refractivity contribution >= 4 is 12.6 Å². The fourth-order valence-corrected chi connectivity index (χ4v) is 2.86. The normalized spacial score (nSPS) is 11.3. The average Bonchev–Trinajstić information content (AvgIpc) is 2.51. The van der Waals surface area contributed by atoms with Crippen LogP contribution in [0.5, 0.6) is 11.5 Å². The van der Waals surface area contributed by atoms with Crippen LogP contribution in [0, 0.1) is 27.7 Å². The van der Waals surface area contributed by atoms with E-state index in [0.717, 1.165) is 0 Å². The lowest BCUT2D eigenvalue weighted by Gasteiger charge is -2.25. The molecule has 0 aliphatic rings. The number of phenols is 2. The molecule has 2 N–H and O–H groups in total. The molecule has 0 aliphatic carbocycles. The Hall–Kier alpha value is -2.62. The molecule has 0 atom stereocenters. The molecule has 0 amide bonds. The summed E-state index contributed by atoms with van der Waals surface area (Å²) in [6.07, 6.45) is 1.22. The van der Waals surface area contributed by atoms with Crippen LogP contribution in [0.2, 0.25) is 0 Å². The summed E-state index contributed by atoms with van der Waals surface area (Å²) in [4.78, 5) is 23.8. The van der Waals surface area contributed by atoms with Crippen LogP contribution in [0.15, 0.2) is 24.3 Å². The molecule has 0 aromatic heterocycles. The molecule has 4 heteroatoms. The second kappa shape index (κ2) is 5.88. The summed E-state index contributed by atoms with van der Waals surface area (Å²) >= 11 is 0. The minimum Gasteiger partial charge on any atom is -0.507 e. The molecule has 0 aliphatic heterocycles. The molecule has 0 saturated heterocycles. The quantitative estimate of drug-likeness (QED) is 0.672. The molecule has 2 rings (SSSR count). The zero-order valence-electron chi connectivity index (χ0n) is 13.7. The summed E-state index contributed by atoms with van der Waals surface area (Å²) in [5.41, 5.74) is 1.92. The molecular formula is C19H20O4. The molecular weight excluding hydrogens is 292 g/mol. The van der Waals surface area contributed by atoms with Gasteiger partial charge in [-0.2, -0.15) is 0 Å². The Morgan fingerprint density at radius 1 is 0.696 bits per heavy atom. The number of phenolic OH excluding ortho intramolecular Hbond substituents is 2. The summed E-state index contributed by atoms with van der Waals surface area (Å²) in [6.45, 7) is 6.89. The molecule has 0 spiro atoms. The monoisotopic (exact) mass is 312 g/mol. The largest absolute Gasteiger partial charge is 0.507 e. The van der Waals surface area contributed by atoms with Crippen molar-refractivity contribution in [2.24, 2.45) is 0 Å². The third-order valence-corrected chi connectivity index (χ3v) is 4.31. The third-order valence-electron chi connectivity index (χ3n) is 4.31. The summed E-state index contributed by atoms with van der Waals surface area (Å²) < 4.78 is 0. The number of aromatic hydroxyl groups is 2. The van der Waals surface area contributed by atoms with Gasteiger partial charge in [0.1, 0.15) is 29.5 Å². The van der Waals surface area contributed by atoms with Gasteiger partial charge in [-0.3, -0.25) is 0 Å². The van der Waals surface area contributed by atoms with Crippen molar-refractivity contribution in [2.45, 2.75) is 33.1 Å². The van der Waals surface area contributed by atoms with Crippen LogP contribution in [0.4, 0.5) is 0 Å². The number of aldehydes is 2. The maximum atomic E-state index is 11.9. The van der Waals surface area contributed by atoms with Gasteiger partial charge < -0.3 is 19.8 Å².